The van der Waals surface area contributed by atoms with Crippen molar-refractivity contribution in [2.24, 2.45) is 0 Å². The number of hydrogen-bond acceptors (Lipinski definition) is 2. The zero-order chi connectivity index (χ0) is 13.6. The average molecular weight is 342 g/mol. The SMILES string of the molecule is CC1(C)Cc2cc(C(Cl)c3ccoc3Br)ccc2O1. The molecule has 1 atom stereocenters. The number of rotatable bonds is 2. The molecule has 19 heavy (non-hydrogen) atoms. The molecule has 1 aliphatic heterocycles. The van der Waals surface area contributed by atoms with Crippen molar-refractivity contribution in [1.82, 2.24) is 0 Å². The summed E-state index contributed by atoms with van der Waals surface area (Å²) in [6.45, 7) is 4.19. The molecule has 1 aromatic heterocycles. The van der Waals surface area contributed by atoms with Crippen molar-refractivity contribution in [2.75, 3.05) is 0 Å². The van der Waals surface area contributed by atoms with Gasteiger partial charge in [0.05, 0.1) is 11.6 Å². The van der Waals surface area contributed by atoms with Crippen molar-refractivity contribution in [3.05, 3.63) is 51.9 Å². The molecule has 4 heteroatoms. The molecule has 0 saturated carbocycles. The summed E-state index contributed by atoms with van der Waals surface area (Å²) in [4.78, 5) is 0. The number of fused-ring (bicyclic) bond motifs is 1. The van der Waals surface area contributed by atoms with Gasteiger partial charge >= 0.3 is 0 Å². The largest absolute Gasteiger partial charge is 0.487 e. The first-order valence-electron chi connectivity index (χ1n) is 6.15. The Morgan fingerprint density at radius 2 is 2.11 bits per heavy atom. The van der Waals surface area contributed by atoms with Crippen molar-refractivity contribution in [3.8, 4) is 5.75 Å². The van der Waals surface area contributed by atoms with Gasteiger partial charge in [-0.2, -0.15) is 0 Å². The van der Waals surface area contributed by atoms with E-state index in [1.165, 1.54) is 5.56 Å². The van der Waals surface area contributed by atoms with Gasteiger partial charge in [0.1, 0.15) is 11.4 Å². The first-order chi connectivity index (χ1) is 8.96. The molecule has 0 amide bonds. The predicted molar refractivity (Wildman–Crippen MR) is 79.0 cm³/mol. The van der Waals surface area contributed by atoms with Gasteiger partial charge < -0.3 is 9.15 Å². The molecule has 0 spiro atoms. The van der Waals surface area contributed by atoms with E-state index in [4.69, 9.17) is 20.8 Å². The lowest BCUT2D eigenvalue weighted by molar-refractivity contribution is 0.138. The van der Waals surface area contributed by atoms with Gasteiger partial charge in [0, 0.05) is 12.0 Å². The van der Waals surface area contributed by atoms with E-state index in [-0.39, 0.29) is 11.0 Å². The Morgan fingerprint density at radius 1 is 1.32 bits per heavy atom. The number of furan rings is 1. The van der Waals surface area contributed by atoms with Crippen LogP contribution in [0.3, 0.4) is 0 Å². The fraction of sp³-hybridized carbons (Fsp3) is 0.333. The van der Waals surface area contributed by atoms with Gasteiger partial charge in [0.25, 0.3) is 0 Å². The molecule has 1 aliphatic rings. The highest BCUT2D eigenvalue weighted by molar-refractivity contribution is 9.10. The number of hydrogen-bond donors (Lipinski definition) is 0. The molecule has 3 rings (SSSR count). The molecule has 0 fully saturated rings. The number of halogens is 2. The van der Waals surface area contributed by atoms with Crippen LogP contribution >= 0.6 is 27.5 Å². The molecule has 0 saturated heterocycles. The second kappa shape index (κ2) is 4.57. The van der Waals surface area contributed by atoms with Crippen LogP contribution in [-0.2, 0) is 6.42 Å². The molecule has 1 unspecified atom stereocenters. The average Bonchev–Trinajstić information content (AvgIpc) is 2.88. The quantitative estimate of drug-likeness (QED) is 0.710. The maximum absolute atomic E-state index is 6.52. The topological polar surface area (TPSA) is 22.4 Å². The Hall–Kier alpha value is -0.930. The highest BCUT2D eigenvalue weighted by Crippen LogP contribution is 2.40. The van der Waals surface area contributed by atoms with Crippen molar-refractivity contribution < 1.29 is 9.15 Å². The maximum atomic E-state index is 6.52. The van der Waals surface area contributed by atoms with Crippen molar-refractivity contribution >= 4 is 27.5 Å². The van der Waals surface area contributed by atoms with Crippen LogP contribution in [0.25, 0.3) is 0 Å². The first kappa shape index (κ1) is 13.1. The Bertz CT molecular complexity index is 618. The van der Waals surface area contributed by atoms with E-state index in [0.29, 0.717) is 4.67 Å². The second-order valence-corrected chi connectivity index (χ2v) is 6.57. The standard InChI is InChI=1S/C15H14BrClO2/c1-15(2)8-10-7-9(3-4-12(10)19-15)13(17)11-5-6-18-14(11)16/h3-7,13H,8H2,1-2H3. The van der Waals surface area contributed by atoms with Crippen LogP contribution in [0.1, 0.15) is 35.9 Å². The Kier molecular flexibility index (Phi) is 3.14. The zero-order valence-corrected chi connectivity index (χ0v) is 13.1. The highest BCUT2D eigenvalue weighted by atomic mass is 79.9. The Morgan fingerprint density at radius 3 is 2.79 bits per heavy atom. The van der Waals surface area contributed by atoms with Gasteiger partial charge in [0.15, 0.2) is 4.67 Å². The molecular weight excluding hydrogens is 328 g/mol. The summed E-state index contributed by atoms with van der Waals surface area (Å²) in [6, 6.07) is 8.02. The molecule has 1 aromatic carbocycles. The number of alkyl halides is 1. The van der Waals surface area contributed by atoms with Crippen LogP contribution in [0.5, 0.6) is 5.75 Å². The molecule has 2 heterocycles. The van der Waals surface area contributed by atoms with E-state index >= 15 is 0 Å². The van der Waals surface area contributed by atoms with Gasteiger partial charge in [-0.15, -0.1) is 11.6 Å². The van der Waals surface area contributed by atoms with Crippen molar-refractivity contribution in [1.29, 1.82) is 0 Å². The summed E-state index contributed by atoms with van der Waals surface area (Å²) in [5.41, 5.74) is 3.09. The summed E-state index contributed by atoms with van der Waals surface area (Å²) >= 11 is 9.89. The van der Waals surface area contributed by atoms with Gasteiger partial charge in [-0.3, -0.25) is 0 Å². The highest BCUT2D eigenvalue weighted by Gasteiger charge is 2.30. The minimum atomic E-state index is -0.220. The molecule has 2 nitrogen and oxygen atoms in total. The van der Waals surface area contributed by atoms with Gasteiger partial charge in [-0.25, -0.2) is 0 Å². The van der Waals surface area contributed by atoms with Crippen molar-refractivity contribution in [2.45, 2.75) is 31.2 Å². The van der Waals surface area contributed by atoms with Crippen LogP contribution in [0.4, 0.5) is 0 Å². The molecule has 2 aromatic rings. The van der Waals surface area contributed by atoms with Crippen LogP contribution in [-0.4, -0.2) is 5.60 Å². The number of ether oxygens (including phenoxy) is 1. The van der Waals surface area contributed by atoms with Crippen LogP contribution in [0.2, 0.25) is 0 Å². The summed E-state index contributed by atoms with van der Waals surface area (Å²) in [5.74, 6) is 0.962. The lowest BCUT2D eigenvalue weighted by Crippen LogP contribution is -2.24. The van der Waals surface area contributed by atoms with Crippen LogP contribution in [0, 0.1) is 0 Å². The molecule has 0 aliphatic carbocycles. The minimum absolute atomic E-state index is 0.126. The third-order valence-corrected chi connectivity index (χ3v) is 4.43. The summed E-state index contributed by atoms with van der Waals surface area (Å²) in [6.07, 6.45) is 2.54. The monoisotopic (exact) mass is 340 g/mol. The lowest BCUT2D eigenvalue weighted by Gasteiger charge is -2.16. The molecule has 100 valence electrons. The predicted octanol–water partition coefficient (Wildman–Crippen LogP) is 5.08. The molecule has 0 bridgehead atoms. The van der Waals surface area contributed by atoms with E-state index < -0.39 is 0 Å². The van der Waals surface area contributed by atoms with Gasteiger partial charge in [0.2, 0.25) is 0 Å². The maximum Gasteiger partial charge on any atom is 0.173 e. The smallest absolute Gasteiger partial charge is 0.173 e. The Labute approximate surface area is 125 Å². The molecule has 0 N–H and O–H groups in total. The van der Waals surface area contributed by atoms with Gasteiger partial charge in [-0.05, 0) is 53.0 Å². The third-order valence-electron chi connectivity index (χ3n) is 3.30. The number of benzene rings is 1. The molecular formula is C15H14BrClO2. The fourth-order valence-electron chi connectivity index (χ4n) is 2.45. The zero-order valence-electron chi connectivity index (χ0n) is 10.7. The van der Waals surface area contributed by atoms with E-state index in [0.717, 1.165) is 23.3 Å². The third kappa shape index (κ3) is 2.41. The van der Waals surface area contributed by atoms with E-state index in [1.54, 1.807) is 6.26 Å². The lowest BCUT2D eigenvalue weighted by atomic mass is 9.98. The summed E-state index contributed by atoms with van der Waals surface area (Å²) in [5, 5.41) is -0.220. The van der Waals surface area contributed by atoms with Crippen molar-refractivity contribution in [3.63, 3.8) is 0 Å². The van der Waals surface area contributed by atoms with E-state index in [9.17, 15) is 0 Å². The normalized spacial score (nSPS) is 17.9. The van der Waals surface area contributed by atoms with Gasteiger partial charge in [-0.1, -0.05) is 12.1 Å². The van der Waals surface area contributed by atoms with E-state index in [1.807, 2.05) is 18.2 Å². The summed E-state index contributed by atoms with van der Waals surface area (Å²) < 4.78 is 11.8. The Balaban J connectivity index is 1.94. The van der Waals surface area contributed by atoms with E-state index in [2.05, 4.69) is 35.8 Å². The first-order valence-corrected chi connectivity index (χ1v) is 7.38. The van der Waals surface area contributed by atoms with Crippen LogP contribution < -0.4 is 4.74 Å². The fourth-order valence-corrected chi connectivity index (χ4v) is 3.36. The molecule has 0 radical (unpaired) electrons. The van der Waals surface area contributed by atoms with Crippen LogP contribution in [0.15, 0.2) is 39.6 Å². The second-order valence-electron chi connectivity index (χ2n) is 5.42. The minimum Gasteiger partial charge on any atom is -0.487 e. The summed E-state index contributed by atoms with van der Waals surface area (Å²) in [7, 11) is 0.